The molecule has 9 heteroatoms. The third-order valence-corrected chi connectivity index (χ3v) is 5.05. The van der Waals surface area contributed by atoms with E-state index in [2.05, 4.69) is 17.1 Å². The average molecular weight is 355 g/mol. The Balaban J connectivity index is 2.28. The summed E-state index contributed by atoms with van der Waals surface area (Å²) >= 11 is 0. The summed E-state index contributed by atoms with van der Waals surface area (Å²) in [6.07, 6.45) is 0. The predicted molar refractivity (Wildman–Crippen MR) is 89.5 cm³/mol. The standard InChI is InChI=1S/C17H17N5O4/c1-3-25-17(26-4-2)16(10-19)13(15(16,9-18)14(20)21-17)11-7-5-6-8-12(11)22(23)24/h5-8,13H,3-4H2,1-2H3,(H2,20,21). The van der Waals surface area contributed by atoms with Crippen molar-refractivity contribution in [3.63, 3.8) is 0 Å². The van der Waals surface area contributed by atoms with Crippen LogP contribution in [0.15, 0.2) is 29.3 Å². The molecule has 3 atom stereocenters. The highest BCUT2D eigenvalue weighted by Gasteiger charge is 2.94. The van der Waals surface area contributed by atoms with Crippen LogP contribution >= 0.6 is 0 Å². The number of benzene rings is 1. The van der Waals surface area contributed by atoms with Gasteiger partial charge in [0.1, 0.15) is 11.3 Å². The van der Waals surface area contributed by atoms with Crippen LogP contribution in [0.2, 0.25) is 0 Å². The normalized spacial score (nSPS) is 30.6. The highest BCUT2D eigenvalue weighted by molar-refractivity contribution is 6.00. The number of nitrogens with zero attached hydrogens (tertiary/aromatic N) is 4. The fourth-order valence-corrected chi connectivity index (χ4v) is 4.11. The molecule has 0 amide bonds. The summed E-state index contributed by atoms with van der Waals surface area (Å²) in [6, 6.07) is 10.2. The molecule has 3 unspecified atom stereocenters. The third kappa shape index (κ3) is 1.76. The molecule has 1 aliphatic carbocycles. The molecule has 1 saturated carbocycles. The second-order valence-electron chi connectivity index (χ2n) is 6.03. The number of hydrogen-bond donors (Lipinski definition) is 1. The molecule has 134 valence electrons. The van der Waals surface area contributed by atoms with E-state index in [-0.39, 0.29) is 30.3 Å². The summed E-state index contributed by atoms with van der Waals surface area (Å²) in [7, 11) is 0. The summed E-state index contributed by atoms with van der Waals surface area (Å²) in [5, 5.41) is 31.5. The Kier molecular flexibility index (Phi) is 3.95. The first-order chi connectivity index (χ1) is 12.4. The molecule has 2 N–H and O–H groups in total. The van der Waals surface area contributed by atoms with Crippen LogP contribution in [-0.2, 0) is 9.47 Å². The first-order valence-electron chi connectivity index (χ1n) is 8.12. The summed E-state index contributed by atoms with van der Waals surface area (Å²) in [4.78, 5) is 15.1. The van der Waals surface area contributed by atoms with Gasteiger partial charge in [-0.25, -0.2) is 4.99 Å². The van der Waals surface area contributed by atoms with Crippen molar-refractivity contribution in [3.8, 4) is 12.1 Å². The molecule has 1 aromatic carbocycles. The number of amidine groups is 1. The molecule has 2 aliphatic rings. The number of fused-ring (bicyclic) bond motifs is 1. The number of nitro groups is 1. The zero-order valence-corrected chi connectivity index (χ0v) is 14.3. The molecule has 0 saturated heterocycles. The molecular weight excluding hydrogens is 338 g/mol. The van der Waals surface area contributed by atoms with Gasteiger partial charge < -0.3 is 15.2 Å². The quantitative estimate of drug-likeness (QED) is 0.464. The molecule has 1 heterocycles. The van der Waals surface area contributed by atoms with Gasteiger partial charge >= 0.3 is 0 Å². The number of nitriles is 2. The smallest absolute Gasteiger partial charge is 0.293 e. The number of para-hydroxylation sites is 1. The Morgan fingerprint density at radius 3 is 2.38 bits per heavy atom. The molecule has 1 aliphatic heterocycles. The van der Waals surface area contributed by atoms with Crippen molar-refractivity contribution < 1.29 is 14.4 Å². The van der Waals surface area contributed by atoms with Gasteiger partial charge in [-0.1, -0.05) is 18.2 Å². The Morgan fingerprint density at radius 2 is 1.88 bits per heavy atom. The summed E-state index contributed by atoms with van der Waals surface area (Å²) < 4.78 is 11.4. The van der Waals surface area contributed by atoms with Gasteiger partial charge in [0, 0.05) is 30.8 Å². The van der Waals surface area contributed by atoms with Gasteiger partial charge in [-0.3, -0.25) is 10.1 Å². The van der Waals surface area contributed by atoms with Crippen molar-refractivity contribution in [1.29, 1.82) is 10.5 Å². The van der Waals surface area contributed by atoms with E-state index in [1.165, 1.54) is 18.2 Å². The fourth-order valence-electron chi connectivity index (χ4n) is 4.11. The van der Waals surface area contributed by atoms with E-state index >= 15 is 0 Å². The Labute approximate surface area is 149 Å². The van der Waals surface area contributed by atoms with E-state index in [9.17, 15) is 20.6 Å². The summed E-state index contributed by atoms with van der Waals surface area (Å²) in [6.45, 7) is 3.72. The van der Waals surface area contributed by atoms with E-state index < -0.39 is 27.6 Å². The van der Waals surface area contributed by atoms with Crippen molar-refractivity contribution in [1.82, 2.24) is 0 Å². The summed E-state index contributed by atoms with van der Waals surface area (Å²) in [5.74, 6) is -2.77. The highest BCUT2D eigenvalue weighted by Crippen LogP contribution is 2.82. The van der Waals surface area contributed by atoms with Crippen LogP contribution in [0.3, 0.4) is 0 Å². The topological polar surface area (TPSA) is 148 Å². The predicted octanol–water partition coefficient (Wildman–Crippen LogP) is 1.81. The third-order valence-electron chi connectivity index (χ3n) is 5.05. The van der Waals surface area contributed by atoms with Crippen molar-refractivity contribution in [2.24, 2.45) is 21.6 Å². The lowest BCUT2D eigenvalue weighted by Crippen LogP contribution is -2.43. The Hall–Kier alpha value is -3.01. The Morgan fingerprint density at radius 1 is 1.27 bits per heavy atom. The minimum atomic E-state index is -1.78. The molecule has 26 heavy (non-hydrogen) atoms. The molecule has 0 radical (unpaired) electrons. The maximum absolute atomic E-state index is 11.5. The summed E-state index contributed by atoms with van der Waals surface area (Å²) in [5.41, 5.74) is 2.97. The molecule has 0 spiro atoms. The number of rotatable bonds is 6. The van der Waals surface area contributed by atoms with E-state index in [0.717, 1.165) is 0 Å². The fraction of sp³-hybridized carbons (Fsp3) is 0.471. The van der Waals surface area contributed by atoms with Crippen LogP contribution in [0.1, 0.15) is 25.3 Å². The van der Waals surface area contributed by atoms with Gasteiger partial charge in [-0.2, -0.15) is 10.5 Å². The average Bonchev–Trinajstić information content (AvgIpc) is 3.20. The zero-order valence-electron chi connectivity index (χ0n) is 14.3. The molecule has 9 nitrogen and oxygen atoms in total. The van der Waals surface area contributed by atoms with Gasteiger partial charge in [-0.15, -0.1) is 0 Å². The molecule has 0 aromatic heterocycles. The van der Waals surface area contributed by atoms with Crippen LogP contribution in [0.25, 0.3) is 0 Å². The monoisotopic (exact) mass is 355 g/mol. The SMILES string of the molecule is CCOC1(OCC)N=C(N)C2(C#N)C(c3ccccc3[N+](=O)[O-])C12C#N. The lowest BCUT2D eigenvalue weighted by Gasteiger charge is -2.31. The van der Waals surface area contributed by atoms with E-state index in [1.807, 2.05) is 0 Å². The number of ether oxygens (including phenoxy) is 2. The maximum Gasteiger partial charge on any atom is 0.293 e. The van der Waals surface area contributed by atoms with Gasteiger partial charge in [0.15, 0.2) is 5.41 Å². The lowest BCUT2D eigenvalue weighted by molar-refractivity contribution is -0.385. The lowest BCUT2D eigenvalue weighted by atomic mass is 9.93. The first kappa shape index (κ1) is 17.8. The van der Waals surface area contributed by atoms with E-state index in [0.29, 0.717) is 0 Å². The van der Waals surface area contributed by atoms with Crippen molar-refractivity contribution in [3.05, 3.63) is 39.9 Å². The highest BCUT2D eigenvalue weighted by atomic mass is 16.7. The van der Waals surface area contributed by atoms with Gasteiger partial charge in [0.2, 0.25) is 0 Å². The maximum atomic E-state index is 11.5. The number of nitro benzene ring substituents is 1. The van der Waals surface area contributed by atoms with Gasteiger partial charge in [-0.05, 0) is 13.8 Å². The van der Waals surface area contributed by atoms with E-state index in [1.54, 1.807) is 19.9 Å². The first-order valence-corrected chi connectivity index (χ1v) is 8.12. The zero-order chi connectivity index (χ0) is 19.2. The van der Waals surface area contributed by atoms with Crippen LogP contribution in [0.4, 0.5) is 5.69 Å². The van der Waals surface area contributed by atoms with Crippen LogP contribution in [0.5, 0.6) is 0 Å². The van der Waals surface area contributed by atoms with Crippen LogP contribution in [0, 0.1) is 43.6 Å². The molecule has 1 fully saturated rings. The van der Waals surface area contributed by atoms with Crippen LogP contribution in [-0.4, -0.2) is 29.9 Å². The molecule has 1 aromatic rings. The molecule has 3 rings (SSSR count). The Bertz CT molecular complexity index is 880. The molecule has 0 bridgehead atoms. The van der Waals surface area contributed by atoms with Gasteiger partial charge in [0.05, 0.1) is 17.1 Å². The minimum Gasteiger partial charge on any atom is -0.386 e. The van der Waals surface area contributed by atoms with Crippen molar-refractivity contribution in [2.45, 2.75) is 25.7 Å². The van der Waals surface area contributed by atoms with Crippen LogP contribution < -0.4 is 5.73 Å². The number of aliphatic imine (C=N–C) groups is 1. The second-order valence-corrected chi connectivity index (χ2v) is 6.03. The largest absolute Gasteiger partial charge is 0.386 e. The van der Waals surface area contributed by atoms with Gasteiger partial charge in [0.25, 0.3) is 11.6 Å². The number of hydrogen-bond acceptors (Lipinski definition) is 8. The minimum absolute atomic E-state index is 0.105. The van der Waals surface area contributed by atoms with Crippen molar-refractivity contribution in [2.75, 3.05) is 13.2 Å². The number of nitrogens with two attached hydrogens (primary N) is 1. The second kappa shape index (κ2) is 5.77. The molecular formula is C17H17N5O4. The van der Waals surface area contributed by atoms with E-state index in [4.69, 9.17) is 15.2 Å². The van der Waals surface area contributed by atoms with Crippen molar-refractivity contribution >= 4 is 11.5 Å².